The maximum Gasteiger partial charge on any atom is 3.00 e. The average molecular weight is 796 g/mol. The Hall–Kier alpha value is -0.651. The van der Waals surface area contributed by atoms with Gasteiger partial charge in [0.25, 0.3) is 0 Å². The number of alkyl halides is 9. The van der Waals surface area contributed by atoms with E-state index in [1.54, 1.807) is 0 Å². The van der Waals surface area contributed by atoms with Gasteiger partial charge in [0, 0.05) is 0 Å². The smallest absolute Gasteiger partial charge is 0.741 e. The van der Waals surface area contributed by atoms with E-state index in [1.165, 1.54) is 0 Å². The summed E-state index contributed by atoms with van der Waals surface area (Å²) in [5, 5.41) is 35.0. The molecule has 1 rings (SSSR count). The van der Waals surface area contributed by atoms with Crippen LogP contribution in [-0.2, 0) is 39.9 Å². The summed E-state index contributed by atoms with van der Waals surface area (Å²) in [5.74, 6) is -2.78. The molecule has 0 fully saturated rings. The Balaban J connectivity index is -0.000000199. The monoisotopic (exact) mass is 797 g/mol. The second-order valence-corrected chi connectivity index (χ2v) is 9.12. The van der Waals surface area contributed by atoms with Crippen LogP contribution in [-0.4, -0.2) is 101 Å². The molecule has 1 heterocycles. The molecule has 0 bridgehead atoms. The van der Waals surface area contributed by atoms with E-state index in [-0.39, 0.29) is 46.9 Å². The van der Waals surface area contributed by atoms with Crippen LogP contribution in [0.25, 0.3) is 0 Å². The molecule has 0 aliphatic carbocycles. The molecule has 0 amide bonds. The number of hydrogen-bond donors (Lipinski definition) is 4. The van der Waals surface area contributed by atoms with Crippen LogP contribution >= 0.6 is 0 Å². The van der Waals surface area contributed by atoms with Crippen LogP contribution in [0.4, 0.5) is 39.5 Å². The molecule has 37 heavy (non-hydrogen) atoms. The molecule has 28 heteroatoms. The van der Waals surface area contributed by atoms with E-state index >= 15 is 0 Å². The van der Waals surface area contributed by atoms with E-state index in [1.807, 2.05) is 0 Å². The van der Waals surface area contributed by atoms with Gasteiger partial charge in [0.1, 0.15) is 6.10 Å². The number of cyclic esters (lactones) is 1. The summed E-state index contributed by atoms with van der Waals surface area (Å²) in [6.45, 7) is -0.671. The van der Waals surface area contributed by atoms with Crippen molar-refractivity contribution in [3.8, 4) is 0 Å². The minimum atomic E-state index is -6.09. The first-order valence-corrected chi connectivity index (χ1v) is 11.2. The van der Waals surface area contributed by atoms with Gasteiger partial charge in [-0.3, -0.25) is 0 Å². The largest absolute Gasteiger partial charge is 3.00 e. The fourth-order valence-electron chi connectivity index (χ4n) is 0.823. The maximum absolute atomic E-state index is 10.7. The first-order chi connectivity index (χ1) is 15.3. The van der Waals surface area contributed by atoms with Gasteiger partial charge in [-0.15, -0.1) is 0 Å². The van der Waals surface area contributed by atoms with Gasteiger partial charge in [-0.05, 0) is 0 Å². The number of aliphatic hydroxyl groups is 4. The molecule has 0 spiro atoms. The van der Waals surface area contributed by atoms with Crippen LogP contribution in [0.2, 0.25) is 0 Å². The van der Waals surface area contributed by atoms with Crippen molar-refractivity contribution in [2.24, 2.45) is 0 Å². The molecule has 0 aromatic heterocycles. The molecule has 0 unspecified atom stereocenters. The van der Waals surface area contributed by atoms with E-state index in [2.05, 4.69) is 4.74 Å². The van der Waals surface area contributed by atoms with Gasteiger partial charge in [0.05, 0.1) is 6.61 Å². The first kappa shape index (κ1) is 43.4. The van der Waals surface area contributed by atoms with Gasteiger partial charge in [-0.1, -0.05) is 0 Å². The molecule has 1 aliphatic rings. The number of ether oxygens (including phenoxy) is 1. The second-order valence-electron chi connectivity index (χ2n) is 5.01. The van der Waals surface area contributed by atoms with Crippen LogP contribution in [0.15, 0.2) is 11.5 Å². The fraction of sp³-hybridized carbons (Fsp3) is 0.667. The Morgan fingerprint density at radius 2 is 0.973 bits per heavy atom. The third-order valence-electron chi connectivity index (χ3n) is 2.33. The van der Waals surface area contributed by atoms with Crippen molar-refractivity contribution in [3.63, 3.8) is 0 Å². The van der Waals surface area contributed by atoms with Crippen LogP contribution in [0.3, 0.4) is 0 Å². The van der Waals surface area contributed by atoms with E-state index < -0.39 is 83.2 Å². The zero-order valence-corrected chi connectivity index (χ0v) is 20.2. The summed E-state index contributed by atoms with van der Waals surface area (Å²) in [6, 6.07) is 0. The third-order valence-corrected chi connectivity index (χ3v) is 4.03. The molecule has 1 aliphatic heterocycles. The summed E-state index contributed by atoms with van der Waals surface area (Å²) in [7, 11) is -18.3. The number of aliphatic hydroxyl groups excluding tert-OH is 4. The van der Waals surface area contributed by atoms with Crippen molar-refractivity contribution in [2.75, 3.05) is 6.61 Å². The summed E-state index contributed by atoms with van der Waals surface area (Å²) in [6.07, 6.45) is -2.78. The molecular weight excluding hydrogens is 788 g/mol. The average Bonchev–Trinajstić information content (AvgIpc) is 2.85. The number of esters is 1. The number of hydrogen-bond acceptors (Lipinski definition) is 15. The Kier molecular flexibility index (Phi) is 17.9. The van der Waals surface area contributed by atoms with Crippen molar-refractivity contribution in [2.45, 2.75) is 28.7 Å². The zero-order chi connectivity index (χ0) is 30.3. The number of rotatable bonds is 2. The van der Waals surface area contributed by atoms with Gasteiger partial charge >= 0.3 is 69.4 Å². The second kappa shape index (κ2) is 15.2. The van der Waals surface area contributed by atoms with E-state index in [4.69, 9.17) is 59.3 Å². The molecule has 0 saturated carbocycles. The van der Waals surface area contributed by atoms with Crippen molar-refractivity contribution in [1.82, 2.24) is 0 Å². The molecule has 0 aromatic carbocycles. The maximum atomic E-state index is 10.7. The van der Waals surface area contributed by atoms with Crippen LogP contribution in [0.1, 0.15) is 0 Å². The van der Waals surface area contributed by atoms with Crippen molar-refractivity contribution < 1.29 is 155 Å². The van der Waals surface area contributed by atoms with E-state index in [0.717, 1.165) is 0 Å². The van der Waals surface area contributed by atoms with Crippen molar-refractivity contribution >= 4 is 36.3 Å². The summed E-state index contributed by atoms with van der Waals surface area (Å²) < 4.78 is 181. The molecule has 15 nitrogen and oxygen atoms in total. The molecular formula is C9H8F9O15S3Yb. The van der Waals surface area contributed by atoms with Crippen molar-refractivity contribution in [3.05, 3.63) is 11.5 Å². The number of halogens is 9. The Bertz CT molecular complexity index is 991. The normalized spacial score (nSPS) is 17.5. The Morgan fingerprint density at radius 3 is 1.08 bits per heavy atom. The first-order valence-electron chi connectivity index (χ1n) is 7.01. The van der Waals surface area contributed by atoms with Gasteiger partial charge in [-0.2, -0.15) is 39.5 Å². The van der Waals surface area contributed by atoms with E-state index in [0.29, 0.717) is 0 Å². The fourth-order valence-corrected chi connectivity index (χ4v) is 0.823. The number of carbonyl (C=O) groups excluding carboxylic acids is 1. The van der Waals surface area contributed by atoms with Crippen LogP contribution in [0.5, 0.6) is 0 Å². The molecule has 0 aromatic rings. The van der Waals surface area contributed by atoms with E-state index in [9.17, 15) is 44.3 Å². The SMILES string of the molecule is O=C1O[C@H]([C@@H](O)CO)C(O)=C1O.O=S(=O)([O-])C(F)(F)F.O=S(=O)([O-])C(F)(F)F.O=S(=O)([O-])C(F)(F)F.[Yb+3]. The molecule has 229 valence electrons. The Morgan fingerprint density at radius 1 is 0.757 bits per heavy atom. The standard InChI is InChI=1S/C6H8O6.3CHF3O3S.Yb/c7-1-2(8)5-3(9)4(10)6(11)12-5;3*2-1(3,4)8(5,6)7;/h2,5,7-10H,1H2;3*(H,5,6,7);/q;;;;+3/p-3/t2-,5+;;;;/m0..../s1. The molecule has 1 radical (unpaired) electrons. The minimum absolute atomic E-state index is 0. The minimum Gasteiger partial charge on any atom is -0.741 e. The van der Waals surface area contributed by atoms with Crippen molar-refractivity contribution in [1.29, 1.82) is 0 Å². The summed E-state index contributed by atoms with van der Waals surface area (Å²) in [5.41, 5.74) is -16.9. The Labute approximate surface area is 237 Å². The third kappa shape index (κ3) is 16.8. The number of carbonyl (C=O) groups is 1. The van der Waals surface area contributed by atoms with Gasteiger partial charge in [-0.25, -0.2) is 30.0 Å². The summed E-state index contributed by atoms with van der Waals surface area (Å²) in [4.78, 5) is 10.5. The topological polar surface area (TPSA) is 279 Å². The quantitative estimate of drug-likeness (QED) is 0.110. The molecule has 2 atom stereocenters. The zero-order valence-electron chi connectivity index (χ0n) is 16.0. The molecule has 0 saturated heterocycles. The van der Waals surface area contributed by atoms with Crippen LogP contribution < -0.4 is 0 Å². The molecule has 4 N–H and O–H groups in total. The predicted octanol–water partition coefficient (Wildman–Crippen LogP) is -1.25. The van der Waals surface area contributed by atoms with Gasteiger partial charge in [0.15, 0.2) is 42.2 Å². The van der Waals surface area contributed by atoms with Gasteiger partial charge < -0.3 is 38.8 Å². The van der Waals surface area contributed by atoms with Gasteiger partial charge in [0.2, 0.25) is 5.76 Å². The predicted molar refractivity (Wildman–Crippen MR) is 82.5 cm³/mol. The summed E-state index contributed by atoms with van der Waals surface area (Å²) >= 11 is 0. The van der Waals surface area contributed by atoms with Crippen LogP contribution in [0, 0.1) is 46.9 Å².